The molecule has 4 heteroatoms. The van der Waals surface area contributed by atoms with Crippen molar-refractivity contribution in [3.05, 3.63) is 12.7 Å². The summed E-state index contributed by atoms with van der Waals surface area (Å²) >= 11 is 4.98. The molecule has 3 nitrogen and oxygen atoms in total. The van der Waals surface area contributed by atoms with E-state index in [1.54, 1.807) is 6.08 Å². The van der Waals surface area contributed by atoms with Crippen molar-refractivity contribution in [2.45, 2.75) is 19.4 Å². The Kier molecular flexibility index (Phi) is 2.19. The minimum atomic E-state index is -0.555. The van der Waals surface area contributed by atoms with E-state index in [1.165, 1.54) is 4.90 Å². The molecule has 0 aromatic carbocycles. The van der Waals surface area contributed by atoms with Gasteiger partial charge in [-0.2, -0.15) is 0 Å². The van der Waals surface area contributed by atoms with Crippen molar-refractivity contribution in [3.8, 4) is 0 Å². The normalized spacial score (nSPS) is 21.0. The Labute approximate surface area is 77.4 Å². The molecule has 0 atom stereocenters. The zero-order valence-corrected chi connectivity index (χ0v) is 8.07. The standard InChI is InChI=1S/C8H12N2OS/c1-4-5-10-6(11)8(2,3)9-7(10)12/h4H,1,5H2,2-3H3,(H,9,12). The highest BCUT2D eigenvalue weighted by atomic mass is 32.1. The van der Waals surface area contributed by atoms with Crippen LogP contribution in [0.15, 0.2) is 12.7 Å². The fourth-order valence-corrected chi connectivity index (χ4v) is 1.53. The number of nitrogens with one attached hydrogen (secondary N) is 1. The summed E-state index contributed by atoms with van der Waals surface area (Å²) in [4.78, 5) is 13.1. The van der Waals surface area contributed by atoms with Crippen LogP contribution in [0, 0.1) is 0 Å². The van der Waals surface area contributed by atoms with E-state index in [2.05, 4.69) is 11.9 Å². The molecule has 1 aliphatic rings. The number of carbonyl (C=O) groups excluding carboxylic acids is 1. The van der Waals surface area contributed by atoms with Gasteiger partial charge in [0, 0.05) is 6.54 Å². The van der Waals surface area contributed by atoms with Gasteiger partial charge < -0.3 is 5.32 Å². The SMILES string of the molecule is C=CCN1C(=O)C(C)(C)NC1=S. The van der Waals surface area contributed by atoms with Crippen LogP contribution in [0.2, 0.25) is 0 Å². The fourth-order valence-electron chi connectivity index (χ4n) is 1.11. The average Bonchev–Trinajstić information content (AvgIpc) is 2.13. The van der Waals surface area contributed by atoms with Crippen LogP contribution in [0.1, 0.15) is 13.8 Å². The molecule has 1 rings (SSSR count). The monoisotopic (exact) mass is 184 g/mol. The molecule has 1 fully saturated rings. The summed E-state index contributed by atoms with van der Waals surface area (Å²) in [5, 5.41) is 3.43. The molecule has 0 bridgehead atoms. The van der Waals surface area contributed by atoms with E-state index in [0.717, 1.165) is 0 Å². The van der Waals surface area contributed by atoms with E-state index >= 15 is 0 Å². The summed E-state index contributed by atoms with van der Waals surface area (Å²) in [7, 11) is 0. The van der Waals surface area contributed by atoms with Crippen LogP contribution in [0.25, 0.3) is 0 Å². The van der Waals surface area contributed by atoms with Crippen molar-refractivity contribution < 1.29 is 4.79 Å². The Morgan fingerprint density at radius 1 is 1.75 bits per heavy atom. The van der Waals surface area contributed by atoms with Crippen LogP contribution in [0.3, 0.4) is 0 Å². The highest BCUT2D eigenvalue weighted by molar-refractivity contribution is 7.80. The van der Waals surface area contributed by atoms with Crippen LogP contribution in [-0.4, -0.2) is 28.0 Å². The number of hydrogen-bond donors (Lipinski definition) is 1. The molecule has 1 aliphatic heterocycles. The van der Waals surface area contributed by atoms with Gasteiger partial charge in [-0.3, -0.25) is 9.69 Å². The maximum Gasteiger partial charge on any atom is 0.254 e. The first kappa shape index (κ1) is 9.19. The molecule has 1 amide bonds. The first-order valence-electron chi connectivity index (χ1n) is 3.74. The number of amides is 1. The van der Waals surface area contributed by atoms with Crippen molar-refractivity contribution in [1.82, 2.24) is 10.2 Å². The summed E-state index contributed by atoms with van der Waals surface area (Å²) < 4.78 is 0. The average molecular weight is 184 g/mol. The van der Waals surface area contributed by atoms with Crippen molar-refractivity contribution in [2.24, 2.45) is 0 Å². The molecular formula is C8H12N2OS. The predicted molar refractivity (Wildman–Crippen MR) is 51.7 cm³/mol. The minimum Gasteiger partial charge on any atom is -0.348 e. The zero-order chi connectivity index (χ0) is 9.35. The van der Waals surface area contributed by atoms with Crippen molar-refractivity contribution in [3.63, 3.8) is 0 Å². The number of nitrogens with zero attached hydrogens (tertiary/aromatic N) is 1. The van der Waals surface area contributed by atoms with Crippen molar-refractivity contribution in [1.29, 1.82) is 0 Å². The van der Waals surface area contributed by atoms with E-state index in [4.69, 9.17) is 12.2 Å². The van der Waals surface area contributed by atoms with E-state index in [-0.39, 0.29) is 5.91 Å². The van der Waals surface area contributed by atoms with E-state index in [9.17, 15) is 4.79 Å². The number of carbonyl (C=O) groups is 1. The topological polar surface area (TPSA) is 32.3 Å². The van der Waals surface area contributed by atoms with Gasteiger partial charge in [-0.05, 0) is 26.1 Å². The molecule has 0 saturated carbocycles. The molecule has 0 radical (unpaired) electrons. The van der Waals surface area contributed by atoms with E-state index in [1.807, 2.05) is 13.8 Å². The summed E-state index contributed by atoms with van der Waals surface area (Å²) in [6.45, 7) is 7.66. The predicted octanol–water partition coefficient (Wildman–Crippen LogP) is 0.668. The third-order valence-electron chi connectivity index (χ3n) is 1.76. The second-order valence-corrected chi connectivity index (χ2v) is 3.65. The van der Waals surface area contributed by atoms with Gasteiger partial charge in [-0.1, -0.05) is 6.08 Å². The maximum atomic E-state index is 11.6. The second-order valence-electron chi connectivity index (χ2n) is 3.26. The molecule has 0 aliphatic carbocycles. The molecule has 0 aromatic heterocycles. The molecule has 1 N–H and O–H groups in total. The number of rotatable bonds is 2. The van der Waals surface area contributed by atoms with Gasteiger partial charge in [0.15, 0.2) is 5.11 Å². The van der Waals surface area contributed by atoms with Crippen LogP contribution < -0.4 is 5.32 Å². The quantitative estimate of drug-likeness (QED) is 0.505. The van der Waals surface area contributed by atoms with Crippen LogP contribution in [0.5, 0.6) is 0 Å². The van der Waals surface area contributed by atoms with Gasteiger partial charge >= 0.3 is 0 Å². The maximum absolute atomic E-state index is 11.6. The molecule has 1 heterocycles. The first-order chi connectivity index (χ1) is 5.49. The van der Waals surface area contributed by atoms with Gasteiger partial charge in [0.25, 0.3) is 5.91 Å². The minimum absolute atomic E-state index is 0.00685. The summed E-state index contributed by atoms with van der Waals surface area (Å²) in [5.41, 5.74) is -0.555. The molecular weight excluding hydrogens is 172 g/mol. The molecule has 0 aromatic rings. The molecule has 66 valence electrons. The Morgan fingerprint density at radius 2 is 2.33 bits per heavy atom. The smallest absolute Gasteiger partial charge is 0.254 e. The van der Waals surface area contributed by atoms with Crippen LogP contribution >= 0.6 is 12.2 Å². The zero-order valence-electron chi connectivity index (χ0n) is 7.26. The highest BCUT2D eigenvalue weighted by Crippen LogP contribution is 2.16. The van der Waals surface area contributed by atoms with Crippen LogP contribution in [0.4, 0.5) is 0 Å². The summed E-state index contributed by atoms with van der Waals surface area (Å²) in [6.07, 6.45) is 1.66. The van der Waals surface area contributed by atoms with Crippen LogP contribution in [-0.2, 0) is 4.79 Å². The lowest BCUT2D eigenvalue weighted by Gasteiger charge is -2.14. The van der Waals surface area contributed by atoms with Gasteiger partial charge in [0.2, 0.25) is 0 Å². The van der Waals surface area contributed by atoms with Gasteiger partial charge in [-0.25, -0.2) is 0 Å². The largest absolute Gasteiger partial charge is 0.348 e. The third kappa shape index (κ3) is 1.34. The third-order valence-corrected chi connectivity index (χ3v) is 2.08. The number of thiocarbonyl (C=S) groups is 1. The lowest BCUT2D eigenvalue weighted by atomic mass is 10.1. The first-order valence-corrected chi connectivity index (χ1v) is 4.15. The Balaban J connectivity index is 2.85. The van der Waals surface area contributed by atoms with E-state index in [0.29, 0.717) is 11.7 Å². The van der Waals surface area contributed by atoms with Crippen molar-refractivity contribution >= 4 is 23.2 Å². The summed E-state index contributed by atoms with van der Waals surface area (Å²) in [5.74, 6) is 0.00685. The van der Waals surface area contributed by atoms with E-state index < -0.39 is 5.54 Å². The van der Waals surface area contributed by atoms with Gasteiger partial charge in [0.1, 0.15) is 5.54 Å². The fraction of sp³-hybridized carbons (Fsp3) is 0.500. The molecule has 12 heavy (non-hydrogen) atoms. The molecule has 1 saturated heterocycles. The van der Waals surface area contributed by atoms with Gasteiger partial charge in [0.05, 0.1) is 0 Å². The van der Waals surface area contributed by atoms with Crippen molar-refractivity contribution in [2.75, 3.05) is 6.54 Å². The summed E-state index contributed by atoms with van der Waals surface area (Å²) in [6, 6.07) is 0. The lowest BCUT2D eigenvalue weighted by Crippen LogP contribution is -2.40. The Hall–Kier alpha value is -0.900. The Bertz CT molecular complexity index is 247. The van der Waals surface area contributed by atoms with Gasteiger partial charge in [-0.15, -0.1) is 6.58 Å². The Morgan fingerprint density at radius 3 is 2.67 bits per heavy atom. The second kappa shape index (κ2) is 2.86. The highest BCUT2D eigenvalue weighted by Gasteiger charge is 2.41. The lowest BCUT2D eigenvalue weighted by molar-refractivity contribution is -0.129. The molecule has 0 spiro atoms. The molecule has 0 unspecified atom stereocenters. The number of hydrogen-bond acceptors (Lipinski definition) is 2.